The molecular formula is C33H23F11O. The van der Waals surface area contributed by atoms with E-state index in [-0.39, 0.29) is 41.7 Å². The van der Waals surface area contributed by atoms with Crippen LogP contribution in [-0.4, -0.2) is 6.36 Å². The molecular weight excluding hydrogens is 621 g/mol. The topological polar surface area (TPSA) is 9.23 Å². The molecule has 4 rings (SSSR count). The van der Waals surface area contributed by atoms with Crippen molar-refractivity contribution in [1.29, 1.82) is 0 Å². The van der Waals surface area contributed by atoms with Crippen molar-refractivity contribution in [2.24, 2.45) is 0 Å². The van der Waals surface area contributed by atoms with Crippen LogP contribution in [0.2, 0.25) is 0 Å². The van der Waals surface area contributed by atoms with Gasteiger partial charge in [-0.3, -0.25) is 0 Å². The lowest BCUT2D eigenvalue weighted by Crippen LogP contribution is -2.29. The Kier molecular flexibility index (Phi) is 10.1. The molecule has 45 heavy (non-hydrogen) atoms. The second-order valence-corrected chi connectivity index (χ2v) is 10.0. The SMILES string of the molecule is C/C=C/CCc1ccc(-c2cc(F)c(CCc3cc(F)c(-c4cc(F)c(C(F)(F)OC(F)(F)F)c(F)c4)c(F)c3)c(F)c2)cc1. The largest absolute Gasteiger partial charge is 0.527 e. The Bertz CT molecular complexity index is 1640. The number of allylic oxidation sites excluding steroid dienone is 2. The minimum Gasteiger partial charge on any atom is -0.222 e. The molecule has 4 aromatic rings. The summed E-state index contributed by atoms with van der Waals surface area (Å²) in [5, 5.41) is 0. The molecule has 0 aliphatic carbocycles. The normalized spacial score (nSPS) is 12.4. The van der Waals surface area contributed by atoms with Gasteiger partial charge in [-0.05, 0) is 96.8 Å². The summed E-state index contributed by atoms with van der Waals surface area (Å²) in [6, 6.07) is 10.9. The van der Waals surface area contributed by atoms with E-state index in [0.717, 1.165) is 30.5 Å². The quantitative estimate of drug-likeness (QED) is 0.123. The van der Waals surface area contributed by atoms with Crippen molar-refractivity contribution in [2.45, 2.75) is 45.1 Å². The molecule has 0 atom stereocenters. The van der Waals surface area contributed by atoms with E-state index in [2.05, 4.69) is 4.74 Å². The first-order valence-electron chi connectivity index (χ1n) is 13.4. The summed E-state index contributed by atoms with van der Waals surface area (Å²) in [5.74, 6) is -9.12. The van der Waals surface area contributed by atoms with Gasteiger partial charge in [-0.15, -0.1) is 13.2 Å². The molecule has 0 radical (unpaired) electrons. The number of benzene rings is 4. The van der Waals surface area contributed by atoms with Crippen LogP contribution in [0.5, 0.6) is 0 Å². The molecule has 0 spiro atoms. The van der Waals surface area contributed by atoms with Crippen LogP contribution in [0.15, 0.2) is 72.8 Å². The first-order valence-corrected chi connectivity index (χ1v) is 13.4. The van der Waals surface area contributed by atoms with Crippen molar-refractivity contribution in [2.75, 3.05) is 0 Å². The lowest BCUT2D eigenvalue weighted by Gasteiger charge is -2.20. The van der Waals surface area contributed by atoms with Gasteiger partial charge in [0.25, 0.3) is 0 Å². The first-order chi connectivity index (χ1) is 21.1. The van der Waals surface area contributed by atoms with Crippen LogP contribution in [-0.2, 0) is 30.1 Å². The lowest BCUT2D eigenvalue weighted by molar-refractivity contribution is -0.432. The third-order valence-electron chi connectivity index (χ3n) is 6.89. The number of rotatable bonds is 10. The highest BCUT2D eigenvalue weighted by molar-refractivity contribution is 5.67. The van der Waals surface area contributed by atoms with Crippen molar-refractivity contribution < 1.29 is 53.0 Å². The Hall–Kier alpha value is -4.19. The van der Waals surface area contributed by atoms with Gasteiger partial charge in [-0.25, -0.2) is 31.1 Å². The van der Waals surface area contributed by atoms with Crippen molar-refractivity contribution in [3.8, 4) is 22.3 Å². The highest BCUT2D eigenvalue weighted by atomic mass is 19.4. The van der Waals surface area contributed by atoms with Crippen LogP contribution in [0.25, 0.3) is 22.3 Å². The molecule has 0 bridgehead atoms. The number of alkyl halides is 5. The van der Waals surface area contributed by atoms with E-state index in [9.17, 15) is 48.3 Å². The third-order valence-corrected chi connectivity index (χ3v) is 6.89. The van der Waals surface area contributed by atoms with Crippen LogP contribution >= 0.6 is 0 Å². The van der Waals surface area contributed by atoms with E-state index in [1.54, 1.807) is 12.1 Å². The van der Waals surface area contributed by atoms with Gasteiger partial charge >= 0.3 is 12.5 Å². The lowest BCUT2D eigenvalue weighted by atomic mass is 9.96. The summed E-state index contributed by atoms with van der Waals surface area (Å²) >= 11 is 0. The van der Waals surface area contributed by atoms with E-state index >= 15 is 0 Å². The highest BCUT2D eigenvalue weighted by Crippen LogP contribution is 2.41. The van der Waals surface area contributed by atoms with Crippen molar-refractivity contribution in [1.82, 2.24) is 0 Å². The fourth-order valence-electron chi connectivity index (χ4n) is 4.80. The Labute approximate surface area is 250 Å². The zero-order valence-corrected chi connectivity index (χ0v) is 23.3. The number of aryl methyl sites for hydroxylation is 2. The van der Waals surface area contributed by atoms with Crippen LogP contribution in [0, 0.1) is 34.9 Å². The fraction of sp³-hybridized carbons (Fsp3) is 0.212. The summed E-state index contributed by atoms with van der Waals surface area (Å²) in [6.45, 7) is 1.92. The van der Waals surface area contributed by atoms with E-state index in [1.807, 2.05) is 31.2 Å². The molecule has 238 valence electrons. The van der Waals surface area contributed by atoms with E-state index in [1.165, 1.54) is 0 Å². The number of hydrogen-bond acceptors (Lipinski definition) is 1. The van der Waals surface area contributed by atoms with E-state index in [0.29, 0.717) is 17.7 Å². The summed E-state index contributed by atoms with van der Waals surface area (Å²) in [6.07, 6.45) is -6.43. The molecule has 0 saturated heterocycles. The number of halogens is 11. The monoisotopic (exact) mass is 644 g/mol. The summed E-state index contributed by atoms with van der Waals surface area (Å²) in [7, 11) is 0. The maximum Gasteiger partial charge on any atom is 0.527 e. The molecule has 0 fully saturated rings. The van der Waals surface area contributed by atoms with Gasteiger partial charge in [0, 0.05) is 5.56 Å². The predicted molar refractivity (Wildman–Crippen MR) is 145 cm³/mol. The zero-order valence-electron chi connectivity index (χ0n) is 23.3. The zero-order chi connectivity index (χ0) is 33.1. The molecule has 4 aromatic carbocycles. The highest BCUT2D eigenvalue weighted by Gasteiger charge is 2.49. The van der Waals surface area contributed by atoms with Gasteiger partial charge in [0.1, 0.15) is 40.5 Å². The van der Waals surface area contributed by atoms with Gasteiger partial charge in [-0.2, -0.15) is 8.78 Å². The maximum atomic E-state index is 14.9. The van der Waals surface area contributed by atoms with Crippen LogP contribution < -0.4 is 0 Å². The van der Waals surface area contributed by atoms with Crippen LogP contribution in [0.1, 0.15) is 35.6 Å². The summed E-state index contributed by atoms with van der Waals surface area (Å²) < 4.78 is 155. The van der Waals surface area contributed by atoms with Gasteiger partial charge < -0.3 is 0 Å². The van der Waals surface area contributed by atoms with Crippen molar-refractivity contribution in [3.63, 3.8) is 0 Å². The average molecular weight is 645 g/mol. The Morgan fingerprint density at radius 1 is 0.578 bits per heavy atom. The molecule has 0 saturated carbocycles. The molecule has 0 heterocycles. The fourth-order valence-corrected chi connectivity index (χ4v) is 4.80. The van der Waals surface area contributed by atoms with Crippen molar-refractivity contribution in [3.05, 3.63) is 130 Å². The summed E-state index contributed by atoms with van der Waals surface area (Å²) in [5.41, 5.74) is -2.97. The molecule has 0 amide bonds. The third kappa shape index (κ3) is 8.10. The Balaban J connectivity index is 1.53. The molecule has 0 aromatic heterocycles. The van der Waals surface area contributed by atoms with Crippen molar-refractivity contribution >= 4 is 0 Å². The van der Waals surface area contributed by atoms with Gasteiger partial charge in [0.15, 0.2) is 0 Å². The second-order valence-electron chi connectivity index (χ2n) is 10.0. The second kappa shape index (κ2) is 13.4. The molecule has 1 nitrogen and oxygen atoms in total. The Morgan fingerprint density at radius 3 is 1.62 bits per heavy atom. The maximum absolute atomic E-state index is 14.9. The average Bonchev–Trinajstić information content (AvgIpc) is 2.91. The van der Waals surface area contributed by atoms with E-state index < -0.39 is 64.1 Å². The van der Waals surface area contributed by atoms with Crippen LogP contribution in [0.3, 0.4) is 0 Å². The van der Waals surface area contributed by atoms with E-state index in [4.69, 9.17) is 0 Å². The minimum atomic E-state index is -5.96. The molecule has 0 N–H and O–H groups in total. The predicted octanol–water partition coefficient (Wildman–Crippen LogP) is 10.7. The van der Waals surface area contributed by atoms with Gasteiger partial charge in [0.2, 0.25) is 0 Å². The smallest absolute Gasteiger partial charge is 0.222 e. The standard InChI is InChI=1S/C33H23F11O/c1-2-3-4-5-18-6-9-20(10-7-18)21-14-24(34)23(25(35)15-21)11-8-19-12-26(36)30(27(37)13-19)22-16-28(38)31(29(39)17-22)32(40,41)45-33(42,43)44/h2-3,6-7,9-10,12-17H,4-5,8,11H2,1H3/b3-2+. The van der Waals surface area contributed by atoms with Gasteiger partial charge in [0.05, 0.1) is 5.56 Å². The first kappa shape index (κ1) is 33.7. The summed E-state index contributed by atoms with van der Waals surface area (Å²) in [4.78, 5) is 0. The number of ether oxygens (including phenoxy) is 1. The van der Waals surface area contributed by atoms with Crippen LogP contribution in [0.4, 0.5) is 48.3 Å². The molecule has 12 heteroatoms. The van der Waals surface area contributed by atoms with Gasteiger partial charge in [-0.1, -0.05) is 36.4 Å². The minimum absolute atomic E-state index is 0.0247. The Morgan fingerprint density at radius 2 is 1.11 bits per heavy atom. The molecule has 0 aliphatic heterocycles. The number of hydrogen-bond donors (Lipinski definition) is 0. The molecule has 0 unspecified atom stereocenters. The molecule has 0 aliphatic rings.